The zero-order valence-electron chi connectivity index (χ0n) is 11.1. The number of primary amides is 1. The quantitative estimate of drug-likeness (QED) is 0.855. The molecule has 102 valence electrons. The number of nitrogens with zero attached hydrogens (tertiary/aromatic N) is 1. The Labute approximate surface area is 112 Å². The fraction of sp³-hybridized carbons (Fsp3) is 0.429. The van der Waals surface area contributed by atoms with E-state index in [1.807, 2.05) is 4.90 Å². The molecule has 0 spiro atoms. The molecule has 5 nitrogen and oxygen atoms in total. The molecule has 3 amide bonds. The summed E-state index contributed by atoms with van der Waals surface area (Å²) in [6, 6.07) is 6.50. The largest absolute Gasteiger partial charge is 0.366 e. The number of rotatable bonds is 2. The highest BCUT2D eigenvalue weighted by Crippen LogP contribution is 2.17. The molecule has 1 aliphatic rings. The van der Waals surface area contributed by atoms with Crippen molar-refractivity contribution in [3.8, 4) is 0 Å². The minimum absolute atomic E-state index is 0.0848. The number of nitrogens with one attached hydrogen (secondary N) is 1. The van der Waals surface area contributed by atoms with Crippen LogP contribution >= 0.6 is 0 Å². The summed E-state index contributed by atoms with van der Waals surface area (Å²) in [6.07, 6.45) is 2.23. The van der Waals surface area contributed by atoms with E-state index in [1.165, 1.54) is 6.42 Å². The predicted octanol–water partition coefficient (Wildman–Crippen LogP) is 2.05. The zero-order chi connectivity index (χ0) is 13.8. The molecule has 0 aliphatic carbocycles. The van der Waals surface area contributed by atoms with Gasteiger partial charge < -0.3 is 16.0 Å². The van der Waals surface area contributed by atoms with Crippen molar-refractivity contribution in [2.45, 2.75) is 19.8 Å². The van der Waals surface area contributed by atoms with Gasteiger partial charge in [-0.2, -0.15) is 0 Å². The molecule has 1 atom stereocenters. The van der Waals surface area contributed by atoms with Gasteiger partial charge in [-0.25, -0.2) is 4.79 Å². The predicted molar refractivity (Wildman–Crippen MR) is 73.9 cm³/mol. The van der Waals surface area contributed by atoms with Crippen molar-refractivity contribution in [1.82, 2.24) is 4.90 Å². The highest BCUT2D eigenvalue weighted by molar-refractivity contribution is 5.94. The van der Waals surface area contributed by atoms with Gasteiger partial charge in [0.25, 0.3) is 0 Å². The first-order valence-electron chi connectivity index (χ1n) is 6.52. The number of carbonyl (C=O) groups excluding carboxylic acids is 2. The average Bonchev–Trinajstić information content (AvgIpc) is 2.39. The number of anilines is 1. The van der Waals surface area contributed by atoms with Crippen LogP contribution in [0.25, 0.3) is 0 Å². The maximum atomic E-state index is 12.1. The molecule has 0 bridgehead atoms. The fourth-order valence-electron chi connectivity index (χ4n) is 2.29. The van der Waals surface area contributed by atoms with Crippen LogP contribution in [0.3, 0.4) is 0 Å². The van der Waals surface area contributed by atoms with Crippen LogP contribution < -0.4 is 11.1 Å². The zero-order valence-corrected chi connectivity index (χ0v) is 11.1. The molecule has 1 saturated heterocycles. The fourth-order valence-corrected chi connectivity index (χ4v) is 2.29. The van der Waals surface area contributed by atoms with Gasteiger partial charge >= 0.3 is 6.03 Å². The number of likely N-dealkylation sites (tertiary alicyclic amines) is 1. The minimum Gasteiger partial charge on any atom is -0.366 e. The molecule has 1 heterocycles. The third-order valence-electron chi connectivity index (χ3n) is 3.36. The lowest BCUT2D eigenvalue weighted by molar-refractivity contribution is 0.100. The lowest BCUT2D eigenvalue weighted by atomic mass is 10.0. The maximum Gasteiger partial charge on any atom is 0.321 e. The van der Waals surface area contributed by atoms with Gasteiger partial charge in [0.15, 0.2) is 0 Å². The third kappa shape index (κ3) is 3.47. The molecule has 0 radical (unpaired) electrons. The number of piperidine rings is 1. The van der Waals surface area contributed by atoms with Crippen LogP contribution in [0.4, 0.5) is 10.5 Å². The Hall–Kier alpha value is -2.04. The van der Waals surface area contributed by atoms with Gasteiger partial charge in [-0.1, -0.05) is 6.92 Å². The van der Waals surface area contributed by atoms with E-state index < -0.39 is 5.91 Å². The Morgan fingerprint density at radius 2 is 2.00 bits per heavy atom. The number of urea groups is 1. The smallest absolute Gasteiger partial charge is 0.321 e. The van der Waals surface area contributed by atoms with Crippen molar-refractivity contribution in [2.75, 3.05) is 18.4 Å². The molecule has 0 aromatic heterocycles. The Balaban J connectivity index is 1.96. The SMILES string of the molecule is C[C@H]1CCCN(C(=O)Nc2ccc(C(N)=O)cc2)C1. The molecule has 0 unspecified atom stereocenters. The normalized spacial score (nSPS) is 19.0. The summed E-state index contributed by atoms with van der Waals surface area (Å²) in [7, 11) is 0. The molecule has 19 heavy (non-hydrogen) atoms. The summed E-state index contributed by atoms with van der Waals surface area (Å²) >= 11 is 0. The topological polar surface area (TPSA) is 75.4 Å². The van der Waals surface area contributed by atoms with Crippen molar-refractivity contribution in [3.05, 3.63) is 29.8 Å². The van der Waals surface area contributed by atoms with Gasteiger partial charge in [0, 0.05) is 24.3 Å². The first kappa shape index (κ1) is 13.4. The lowest BCUT2D eigenvalue weighted by Crippen LogP contribution is -2.41. The monoisotopic (exact) mass is 261 g/mol. The standard InChI is InChI=1S/C14H19N3O2/c1-10-3-2-8-17(9-10)14(19)16-12-6-4-11(5-7-12)13(15)18/h4-7,10H,2-3,8-9H2,1H3,(H2,15,18)(H,16,19)/t10-/m0/s1. The lowest BCUT2D eigenvalue weighted by Gasteiger charge is -2.30. The molecule has 1 aromatic carbocycles. The van der Waals surface area contributed by atoms with Gasteiger partial charge in [-0.15, -0.1) is 0 Å². The Kier molecular flexibility index (Phi) is 4.04. The van der Waals surface area contributed by atoms with Crippen LogP contribution in [-0.4, -0.2) is 29.9 Å². The van der Waals surface area contributed by atoms with E-state index in [1.54, 1.807) is 24.3 Å². The van der Waals surface area contributed by atoms with Gasteiger partial charge in [0.2, 0.25) is 5.91 Å². The molecule has 5 heteroatoms. The Bertz CT molecular complexity index is 470. The second-order valence-electron chi connectivity index (χ2n) is 5.07. The number of hydrogen-bond donors (Lipinski definition) is 2. The highest BCUT2D eigenvalue weighted by Gasteiger charge is 2.20. The first-order chi connectivity index (χ1) is 9.06. The maximum absolute atomic E-state index is 12.1. The van der Waals surface area contributed by atoms with E-state index in [4.69, 9.17) is 5.73 Å². The number of hydrogen-bond acceptors (Lipinski definition) is 2. The molecule has 1 aromatic rings. The van der Waals surface area contributed by atoms with Crippen LogP contribution in [-0.2, 0) is 0 Å². The summed E-state index contributed by atoms with van der Waals surface area (Å²) in [5.74, 6) is 0.0828. The molecule has 3 N–H and O–H groups in total. The van der Waals surface area contributed by atoms with E-state index in [0.29, 0.717) is 17.2 Å². The Morgan fingerprint density at radius 1 is 1.32 bits per heavy atom. The van der Waals surface area contributed by atoms with E-state index >= 15 is 0 Å². The molecular weight excluding hydrogens is 242 g/mol. The summed E-state index contributed by atoms with van der Waals surface area (Å²) in [5.41, 5.74) is 6.27. The van der Waals surface area contributed by atoms with Crippen molar-refractivity contribution < 1.29 is 9.59 Å². The number of amides is 3. The minimum atomic E-state index is -0.470. The summed E-state index contributed by atoms with van der Waals surface area (Å²) in [5, 5.41) is 2.83. The van der Waals surface area contributed by atoms with Crippen molar-refractivity contribution >= 4 is 17.6 Å². The van der Waals surface area contributed by atoms with Crippen LogP contribution in [0.5, 0.6) is 0 Å². The molecule has 0 saturated carbocycles. The summed E-state index contributed by atoms with van der Waals surface area (Å²) in [6.45, 7) is 3.75. The molecule has 1 fully saturated rings. The van der Waals surface area contributed by atoms with Crippen LogP contribution in [0.1, 0.15) is 30.1 Å². The third-order valence-corrected chi connectivity index (χ3v) is 3.36. The van der Waals surface area contributed by atoms with Crippen LogP contribution in [0.15, 0.2) is 24.3 Å². The van der Waals surface area contributed by atoms with E-state index in [2.05, 4.69) is 12.2 Å². The van der Waals surface area contributed by atoms with Crippen molar-refractivity contribution in [1.29, 1.82) is 0 Å². The number of benzene rings is 1. The van der Waals surface area contributed by atoms with Crippen molar-refractivity contribution in [3.63, 3.8) is 0 Å². The highest BCUT2D eigenvalue weighted by atomic mass is 16.2. The van der Waals surface area contributed by atoms with E-state index in [-0.39, 0.29) is 6.03 Å². The molecular formula is C14H19N3O2. The van der Waals surface area contributed by atoms with Crippen LogP contribution in [0, 0.1) is 5.92 Å². The van der Waals surface area contributed by atoms with Gasteiger partial charge in [-0.3, -0.25) is 4.79 Å². The number of nitrogens with two attached hydrogens (primary N) is 1. The molecule has 2 rings (SSSR count). The average molecular weight is 261 g/mol. The number of carbonyl (C=O) groups is 2. The van der Waals surface area contributed by atoms with Crippen molar-refractivity contribution in [2.24, 2.45) is 11.7 Å². The van der Waals surface area contributed by atoms with Gasteiger partial charge in [-0.05, 0) is 43.0 Å². The van der Waals surface area contributed by atoms with E-state index in [9.17, 15) is 9.59 Å². The van der Waals surface area contributed by atoms with Gasteiger partial charge in [0.1, 0.15) is 0 Å². The van der Waals surface area contributed by atoms with Gasteiger partial charge in [0.05, 0.1) is 0 Å². The van der Waals surface area contributed by atoms with E-state index in [0.717, 1.165) is 19.5 Å². The first-order valence-corrected chi connectivity index (χ1v) is 6.52. The molecule has 1 aliphatic heterocycles. The van der Waals surface area contributed by atoms with Crippen LogP contribution in [0.2, 0.25) is 0 Å². The summed E-state index contributed by atoms with van der Waals surface area (Å²) in [4.78, 5) is 24.8. The second-order valence-corrected chi connectivity index (χ2v) is 5.07. The summed E-state index contributed by atoms with van der Waals surface area (Å²) < 4.78 is 0. The second kappa shape index (κ2) is 5.73. The Morgan fingerprint density at radius 3 is 2.58 bits per heavy atom.